The van der Waals surface area contributed by atoms with E-state index in [0.29, 0.717) is 31.6 Å². The number of pyridine rings is 1. The second-order valence-electron chi connectivity index (χ2n) is 7.00. The maximum atomic E-state index is 12.6. The molecular weight excluding hydrogens is 420 g/mol. The van der Waals surface area contributed by atoms with Gasteiger partial charge >= 0.3 is 0 Å². The van der Waals surface area contributed by atoms with E-state index < -0.39 is 10.0 Å². The van der Waals surface area contributed by atoms with Crippen LogP contribution >= 0.6 is 11.3 Å². The molecule has 0 radical (unpaired) electrons. The predicted molar refractivity (Wildman–Crippen MR) is 116 cm³/mol. The first-order valence-corrected chi connectivity index (χ1v) is 12.1. The number of nitrogens with one attached hydrogen (secondary N) is 1. The summed E-state index contributed by atoms with van der Waals surface area (Å²) in [6.07, 6.45) is 4.12. The van der Waals surface area contributed by atoms with Crippen molar-refractivity contribution in [2.45, 2.75) is 24.2 Å². The Bertz CT molecular complexity index is 1110. The van der Waals surface area contributed by atoms with Crippen LogP contribution in [0.5, 0.6) is 0 Å². The molecule has 0 bridgehead atoms. The lowest BCUT2D eigenvalue weighted by molar-refractivity contribution is 0.0954. The Morgan fingerprint density at radius 1 is 1.10 bits per heavy atom. The van der Waals surface area contributed by atoms with Crippen LogP contribution < -0.4 is 5.32 Å². The maximum Gasteiger partial charge on any atom is 0.251 e. The van der Waals surface area contributed by atoms with E-state index in [2.05, 4.69) is 15.3 Å². The van der Waals surface area contributed by atoms with Gasteiger partial charge in [-0.3, -0.25) is 9.78 Å². The molecule has 0 unspecified atom stereocenters. The molecule has 3 heterocycles. The smallest absolute Gasteiger partial charge is 0.251 e. The van der Waals surface area contributed by atoms with Crippen molar-refractivity contribution < 1.29 is 13.2 Å². The normalized spacial score (nSPS) is 14.7. The Morgan fingerprint density at radius 2 is 1.87 bits per heavy atom. The summed E-state index contributed by atoms with van der Waals surface area (Å²) in [6, 6.07) is 11.8. The third-order valence-corrected chi connectivity index (χ3v) is 7.75. The zero-order chi connectivity index (χ0) is 21.0. The topological polar surface area (TPSA) is 92.3 Å². The molecule has 2 aromatic heterocycles. The highest BCUT2D eigenvalue weighted by molar-refractivity contribution is 7.89. The van der Waals surface area contributed by atoms with Gasteiger partial charge in [0.25, 0.3) is 5.91 Å². The largest absolute Gasteiger partial charge is 0.352 e. The van der Waals surface area contributed by atoms with E-state index in [4.69, 9.17) is 0 Å². The number of carbonyl (C=O) groups excluding carboxylic acids is 1. The molecule has 3 aromatic rings. The first-order valence-electron chi connectivity index (χ1n) is 9.78. The van der Waals surface area contributed by atoms with Crippen molar-refractivity contribution in [3.63, 3.8) is 0 Å². The fourth-order valence-corrected chi connectivity index (χ4v) is 5.64. The van der Waals surface area contributed by atoms with Crippen molar-refractivity contribution in [3.05, 3.63) is 65.3 Å². The van der Waals surface area contributed by atoms with Gasteiger partial charge in [0.2, 0.25) is 10.0 Å². The number of carbonyl (C=O) groups is 1. The number of hydrogen-bond donors (Lipinski definition) is 1. The Balaban J connectivity index is 1.32. The molecule has 7 nitrogen and oxygen atoms in total. The molecule has 1 aliphatic heterocycles. The number of nitrogens with zero attached hydrogens (tertiary/aromatic N) is 3. The standard InChI is InChI=1S/C21H22N4O3S2/c26-20(16-6-8-18(9-7-16)30(27,28)25-13-3-4-14-25)23-12-10-17-15-29-21(24-17)19-5-1-2-11-22-19/h1-2,5-9,11,15H,3-4,10,12-14H2,(H,23,26). The van der Waals surface area contributed by atoms with E-state index in [-0.39, 0.29) is 10.8 Å². The molecule has 9 heteroatoms. The van der Waals surface area contributed by atoms with Gasteiger partial charge in [0.05, 0.1) is 16.3 Å². The molecule has 1 aliphatic rings. The van der Waals surface area contributed by atoms with Gasteiger partial charge in [0, 0.05) is 43.2 Å². The lowest BCUT2D eigenvalue weighted by Gasteiger charge is -2.15. The lowest BCUT2D eigenvalue weighted by Crippen LogP contribution is -2.28. The monoisotopic (exact) mass is 442 g/mol. The molecule has 0 atom stereocenters. The molecule has 0 saturated carbocycles. The van der Waals surface area contributed by atoms with E-state index in [1.54, 1.807) is 18.3 Å². The SMILES string of the molecule is O=C(NCCc1csc(-c2ccccn2)n1)c1ccc(S(=O)(=O)N2CCCC2)cc1. The third-order valence-electron chi connectivity index (χ3n) is 4.92. The highest BCUT2D eigenvalue weighted by Gasteiger charge is 2.27. The molecule has 0 aliphatic carbocycles. The quantitative estimate of drug-likeness (QED) is 0.607. The fourth-order valence-electron chi connectivity index (χ4n) is 3.29. The van der Waals surface area contributed by atoms with Crippen molar-refractivity contribution in [1.29, 1.82) is 0 Å². The highest BCUT2D eigenvalue weighted by Crippen LogP contribution is 2.22. The number of thiazole rings is 1. The van der Waals surface area contributed by atoms with Gasteiger partial charge in [-0.05, 0) is 49.2 Å². The van der Waals surface area contributed by atoms with Crippen LogP contribution in [0.15, 0.2) is 58.9 Å². The van der Waals surface area contributed by atoms with Crippen LogP contribution in [0.1, 0.15) is 28.9 Å². The Kier molecular flexibility index (Phi) is 6.21. The fraction of sp³-hybridized carbons (Fsp3) is 0.286. The average Bonchev–Trinajstić information content (AvgIpc) is 3.47. The van der Waals surface area contributed by atoms with E-state index in [1.807, 2.05) is 23.6 Å². The molecule has 156 valence electrons. The molecule has 1 fully saturated rings. The van der Waals surface area contributed by atoms with Crippen molar-refractivity contribution in [2.75, 3.05) is 19.6 Å². The highest BCUT2D eigenvalue weighted by atomic mass is 32.2. The van der Waals surface area contributed by atoms with E-state index in [1.165, 1.54) is 27.8 Å². The first kappa shape index (κ1) is 20.6. The Morgan fingerprint density at radius 3 is 2.57 bits per heavy atom. The van der Waals surface area contributed by atoms with E-state index in [0.717, 1.165) is 29.2 Å². The predicted octanol–water partition coefficient (Wildman–Crippen LogP) is 2.96. The van der Waals surface area contributed by atoms with Gasteiger partial charge in [0.1, 0.15) is 5.01 Å². The number of sulfonamides is 1. The van der Waals surface area contributed by atoms with Crippen LogP contribution in [0.25, 0.3) is 10.7 Å². The molecular formula is C21H22N4O3S2. The molecule has 1 saturated heterocycles. The summed E-state index contributed by atoms with van der Waals surface area (Å²) in [5.41, 5.74) is 2.16. The summed E-state index contributed by atoms with van der Waals surface area (Å²) < 4.78 is 26.6. The lowest BCUT2D eigenvalue weighted by atomic mass is 10.2. The zero-order valence-corrected chi connectivity index (χ0v) is 18.0. The van der Waals surface area contributed by atoms with Crippen molar-refractivity contribution >= 4 is 27.3 Å². The number of aromatic nitrogens is 2. The van der Waals surface area contributed by atoms with Crippen molar-refractivity contribution in [2.24, 2.45) is 0 Å². The van der Waals surface area contributed by atoms with Crippen LogP contribution in [-0.4, -0.2) is 48.2 Å². The first-order chi connectivity index (χ1) is 14.5. The van der Waals surface area contributed by atoms with E-state index >= 15 is 0 Å². The summed E-state index contributed by atoms with van der Waals surface area (Å²) in [5.74, 6) is -0.236. The second-order valence-corrected chi connectivity index (χ2v) is 9.80. The van der Waals surface area contributed by atoms with Gasteiger partial charge in [-0.2, -0.15) is 4.31 Å². The van der Waals surface area contributed by atoms with Gasteiger partial charge in [-0.25, -0.2) is 13.4 Å². The summed E-state index contributed by atoms with van der Waals surface area (Å²) in [7, 11) is -3.47. The summed E-state index contributed by atoms with van der Waals surface area (Å²) in [6.45, 7) is 1.56. The summed E-state index contributed by atoms with van der Waals surface area (Å²) in [5, 5.41) is 5.68. The number of amides is 1. The minimum absolute atomic E-state index is 0.227. The van der Waals surface area contributed by atoms with Crippen molar-refractivity contribution in [1.82, 2.24) is 19.6 Å². The number of hydrogen-bond acceptors (Lipinski definition) is 6. The molecule has 1 aromatic carbocycles. The Labute approximate surface area is 179 Å². The zero-order valence-electron chi connectivity index (χ0n) is 16.3. The van der Waals surface area contributed by atoms with Crippen LogP contribution in [0.2, 0.25) is 0 Å². The number of rotatable bonds is 7. The van der Waals surface area contributed by atoms with Crippen LogP contribution in [0, 0.1) is 0 Å². The van der Waals surface area contributed by atoms with E-state index in [9.17, 15) is 13.2 Å². The molecule has 30 heavy (non-hydrogen) atoms. The molecule has 1 amide bonds. The van der Waals surface area contributed by atoms with Gasteiger partial charge < -0.3 is 5.32 Å². The van der Waals surface area contributed by atoms with Gasteiger partial charge in [-0.15, -0.1) is 11.3 Å². The van der Waals surface area contributed by atoms with Crippen LogP contribution in [-0.2, 0) is 16.4 Å². The van der Waals surface area contributed by atoms with Gasteiger partial charge in [0.15, 0.2) is 0 Å². The van der Waals surface area contributed by atoms with Crippen LogP contribution in [0.4, 0.5) is 0 Å². The van der Waals surface area contributed by atoms with Crippen LogP contribution in [0.3, 0.4) is 0 Å². The number of benzene rings is 1. The molecule has 0 spiro atoms. The minimum Gasteiger partial charge on any atom is -0.352 e. The molecule has 4 rings (SSSR count). The van der Waals surface area contributed by atoms with Crippen molar-refractivity contribution in [3.8, 4) is 10.7 Å². The maximum absolute atomic E-state index is 12.6. The van der Waals surface area contributed by atoms with Gasteiger partial charge in [-0.1, -0.05) is 6.07 Å². The second kappa shape index (κ2) is 9.03. The average molecular weight is 443 g/mol. The Hall–Kier alpha value is -2.62. The summed E-state index contributed by atoms with van der Waals surface area (Å²) >= 11 is 1.52. The minimum atomic E-state index is -3.47. The third kappa shape index (κ3) is 4.58. The molecule has 1 N–H and O–H groups in total. The summed E-state index contributed by atoms with van der Waals surface area (Å²) in [4.78, 5) is 21.5.